The van der Waals surface area contributed by atoms with Gasteiger partial charge in [0, 0.05) is 11.6 Å². The maximum Gasteiger partial charge on any atom is 0.247 e. The SMILES string of the molecule is Cc1ccccc1NC(=O)[C@H](NC(=O)[C@H]1CCCC[C@@H]1C)C(C)C. The molecule has 4 nitrogen and oxygen atoms in total. The smallest absolute Gasteiger partial charge is 0.247 e. The van der Waals surface area contributed by atoms with Crippen LogP contribution in [0.25, 0.3) is 0 Å². The van der Waals surface area contributed by atoms with Crippen molar-refractivity contribution in [3.8, 4) is 0 Å². The summed E-state index contributed by atoms with van der Waals surface area (Å²) < 4.78 is 0. The Kier molecular flexibility index (Phi) is 6.41. The second-order valence-electron chi connectivity index (χ2n) is 7.40. The van der Waals surface area contributed by atoms with Gasteiger partial charge < -0.3 is 10.6 Å². The van der Waals surface area contributed by atoms with Gasteiger partial charge in [-0.05, 0) is 43.2 Å². The maximum atomic E-state index is 12.7. The molecule has 0 bridgehead atoms. The molecule has 1 aliphatic carbocycles. The number of hydrogen-bond donors (Lipinski definition) is 2. The summed E-state index contributed by atoms with van der Waals surface area (Å²) in [5.41, 5.74) is 1.81. The van der Waals surface area contributed by atoms with E-state index in [1.165, 1.54) is 6.42 Å². The molecule has 2 rings (SSSR count). The topological polar surface area (TPSA) is 58.2 Å². The highest BCUT2D eigenvalue weighted by Gasteiger charge is 2.32. The van der Waals surface area contributed by atoms with Crippen molar-refractivity contribution >= 4 is 17.5 Å². The highest BCUT2D eigenvalue weighted by Crippen LogP contribution is 2.30. The quantitative estimate of drug-likeness (QED) is 0.860. The summed E-state index contributed by atoms with van der Waals surface area (Å²) in [6.07, 6.45) is 4.33. The van der Waals surface area contributed by atoms with Crippen LogP contribution in [0.3, 0.4) is 0 Å². The van der Waals surface area contributed by atoms with Gasteiger partial charge in [0.15, 0.2) is 0 Å². The van der Waals surface area contributed by atoms with Crippen molar-refractivity contribution in [3.63, 3.8) is 0 Å². The van der Waals surface area contributed by atoms with E-state index < -0.39 is 6.04 Å². The summed E-state index contributed by atoms with van der Waals surface area (Å²) in [7, 11) is 0. The van der Waals surface area contributed by atoms with Gasteiger partial charge in [0.25, 0.3) is 0 Å². The van der Waals surface area contributed by atoms with Crippen LogP contribution in [0.2, 0.25) is 0 Å². The van der Waals surface area contributed by atoms with Crippen LogP contribution in [0, 0.1) is 24.7 Å². The molecule has 0 unspecified atom stereocenters. The Balaban J connectivity index is 2.04. The summed E-state index contributed by atoms with van der Waals surface area (Å²) in [6, 6.07) is 7.18. The minimum absolute atomic E-state index is 0.0285. The standard InChI is InChI=1S/C20H30N2O2/c1-13(2)18(20(24)21-17-12-8-6-10-15(17)4)22-19(23)16-11-7-5-9-14(16)3/h6,8,10,12-14,16,18H,5,7,9,11H2,1-4H3,(H,21,24)(H,22,23)/t14-,16-,18+/m0/s1. The summed E-state index contributed by atoms with van der Waals surface area (Å²) in [6.45, 7) is 8.03. The lowest BCUT2D eigenvalue weighted by Crippen LogP contribution is -2.50. The molecule has 3 atom stereocenters. The van der Waals surface area contributed by atoms with E-state index in [0.29, 0.717) is 5.92 Å². The van der Waals surface area contributed by atoms with Gasteiger partial charge in [-0.15, -0.1) is 0 Å². The molecule has 2 amide bonds. The van der Waals surface area contributed by atoms with E-state index in [9.17, 15) is 9.59 Å². The first-order chi connectivity index (χ1) is 11.4. The molecule has 0 aromatic heterocycles. The number of nitrogens with one attached hydrogen (secondary N) is 2. The van der Waals surface area contributed by atoms with Gasteiger partial charge in [-0.1, -0.05) is 51.8 Å². The lowest BCUT2D eigenvalue weighted by Gasteiger charge is -2.30. The molecule has 1 aliphatic rings. The van der Waals surface area contributed by atoms with E-state index in [4.69, 9.17) is 0 Å². The third-order valence-corrected chi connectivity index (χ3v) is 5.10. The van der Waals surface area contributed by atoms with Gasteiger partial charge in [-0.2, -0.15) is 0 Å². The third-order valence-electron chi connectivity index (χ3n) is 5.10. The van der Waals surface area contributed by atoms with E-state index in [1.54, 1.807) is 0 Å². The zero-order valence-corrected chi connectivity index (χ0v) is 15.3. The highest BCUT2D eigenvalue weighted by atomic mass is 16.2. The molecule has 0 spiro atoms. The molecule has 1 aromatic rings. The summed E-state index contributed by atoms with van der Waals surface area (Å²) in [4.78, 5) is 25.3. The van der Waals surface area contributed by atoms with Crippen molar-refractivity contribution in [2.75, 3.05) is 5.32 Å². The van der Waals surface area contributed by atoms with Gasteiger partial charge in [-0.25, -0.2) is 0 Å². The average molecular weight is 330 g/mol. The Hall–Kier alpha value is -1.84. The number of rotatable bonds is 5. The first-order valence-corrected chi connectivity index (χ1v) is 9.07. The molecule has 0 aliphatic heterocycles. The first-order valence-electron chi connectivity index (χ1n) is 9.07. The van der Waals surface area contributed by atoms with Gasteiger partial charge in [0.05, 0.1) is 0 Å². The van der Waals surface area contributed by atoms with Crippen LogP contribution in [0.5, 0.6) is 0 Å². The number of para-hydroxylation sites is 1. The zero-order chi connectivity index (χ0) is 17.7. The van der Waals surface area contributed by atoms with Crippen molar-refractivity contribution in [3.05, 3.63) is 29.8 Å². The van der Waals surface area contributed by atoms with E-state index in [1.807, 2.05) is 45.0 Å². The molecule has 2 N–H and O–H groups in total. The predicted octanol–water partition coefficient (Wildman–Crippen LogP) is 3.90. The van der Waals surface area contributed by atoms with Crippen molar-refractivity contribution in [1.82, 2.24) is 5.32 Å². The summed E-state index contributed by atoms with van der Waals surface area (Å²) >= 11 is 0. The van der Waals surface area contributed by atoms with Crippen LogP contribution < -0.4 is 10.6 Å². The van der Waals surface area contributed by atoms with E-state index in [0.717, 1.165) is 30.5 Å². The van der Waals surface area contributed by atoms with Crippen LogP contribution in [0.15, 0.2) is 24.3 Å². The average Bonchev–Trinajstić information content (AvgIpc) is 2.54. The third kappa shape index (κ3) is 4.59. The number of carbonyl (C=O) groups is 2. The Morgan fingerprint density at radius 1 is 1.12 bits per heavy atom. The second kappa shape index (κ2) is 8.32. The van der Waals surface area contributed by atoms with E-state index in [2.05, 4.69) is 17.6 Å². The van der Waals surface area contributed by atoms with E-state index in [-0.39, 0.29) is 23.7 Å². The monoisotopic (exact) mass is 330 g/mol. The number of carbonyl (C=O) groups excluding carboxylic acids is 2. The second-order valence-corrected chi connectivity index (χ2v) is 7.40. The Morgan fingerprint density at radius 3 is 2.42 bits per heavy atom. The van der Waals surface area contributed by atoms with Crippen LogP contribution >= 0.6 is 0 Å². The number of amides is 2. The molecule has 1 saturated carbocycles. The molecular formula is C20H30N2O2. The minimum Gasteiger partial charge on any atom is -0.344 e. The molecule has 24 heavy (non-hydrogen) atoms. The maximum absolute atomic E-state index is 12.7. The lowest BCUT2D eigenvalue weighted by molar-refractivity contribution is -0.132. The Morgan fingerprint density at radius 2 is 1.79 bits per heavy atom. The zero-order valence-electron chi connectivity index (χ0n) is 15.3. The van der Waals surface area contributed by atoms with Crippen LogP contribution in [-0.4, -0.2) is 17.9 Å². The number of hydrogen-bond acceptors (Lipinski definition) is 2. The Bertz CT molecular complexity index is 583. The molecule has 0 heterocycles. The summed E-state index contributed by atoms with van der Waals surface area (Å²) in [5.74, 6) is 0.353. The van der Waals surface area contributed by atoms with Crippen molar-refractivity contribution in [2.24, 2.45) is 17.8 Å². The van der Waals surface area contributed by atoms with Crippen molar-refractivity contribution in [1.29, 1.82) is 0 Å². The molecule has 0 radical (unpaired) electrons. The van der Waals surface area contributed by atoms with Gasteiger partial charge in [-0.3, -0.25) is 9.59 Å². The largest absolute Gasteiger partial charge is 0.344 e. The fraction of sp³-hybridized carbons (Fsp3) is 0.600. The Labute approximate surface area is 145 Å². The molecule has 0 saturated heterocycles. The van der Waals surface area contributed by atoms with Gasteiger partial charge >= 0.3 is 0 Å². The summed E-state index contributed by atoms with van der Waals surface area (Å²) in [5, 5.41) is 5.96. The molecule has 1 aromatic carbocycles. The minimum atomic E-state index is -0.508. The first kappa shape index (κ1) is 18.5. The lowest BCUT2D eigenvalue weighted by atomic mass is 9.79. The van der Waals surface area contributed by atoms with Crippen LogP contribution in [0.4, 0.5) is 5.69 Å². The highest BCUT2D eigenvalue weighted by molar-refractivity contribution is 5.98. The number of aryl methyl sites for hydroxylation is 1. The fourth-order valence-electron chi connectivity index (χ4n) is 3.42. The van der Waals surface area contributed by atoms with Gasteiger partial charge in [0.2, 0.25) is 11.8 Å². The molecule has 4 heteroatoms. The molecule has 132 valence electrons. The normalized spacial score (nSPS) is 22.0. The van der Waals surface area contributed by atoms with Crippen LogP contribution in [0.1, 0.15) is 52.0 Å². The predicted molar refractivity (Wildman–Crippen MR) is 97.7 cm³/mol. The van der Waals surface area contributed by atoms with Gasteiger partial charge in [0.1, 0.15) is 6.04 Å². The fourth-order valence-corrected chi connectivity index (χ4v) is 3.42. The number of anilines is 1. The molecular weight excluding hydrogens is 300 g/mol. The van der Waals surface area contributed by atoms with E-state index >= 15 is 0 Å². The number of benzene rings is 1. The van der Waals surface area contributed by atoms with Crippen LogP contribution in [-0.2, 0) is 9.59 Å². The van der Waals surface area contributed by atoms with Crippen molar-refractivity contribution < 1.29 is 9.59 Å². The molecule has 1 fully saturated rings. The van der Waals surface area contributed by atoms with Crippen molar-refractivity contribution in [2.45, 2.75) is 59.4 Å².